The Bertz CT molecular complexity index is 744. The lowest BCUT2D eigenvalue weighted by atomic mass is 10.1. The summed E-state index contributed by atoms with van der Waals surface area (Å²) in [6.07, 6.45) is 7.20. The quantitative estimate of drug-likeness (QED) is 0.468. The Kier molecular flexibility index (Phi) is 9.05. The summed E-state index contributed by atoms with van der Waals surface area (Å²) in [6, 6.07) is 14.2. The Morgan fingerprint density at radius 3 is 2.22 bits per heavy atom. The lowest BCUT2D eigenvalue weighted by molar-refractivity contribution is 0.0952. The van der Waals surface area contributed by atoms with E-state index in [1.165, 1.54) is 25.7 Å². The van der Waals surface area contributed by atoms with Crippen molar-refractivity contribution in [2.75, 3.05) is 11.9 Å². The van der Waals surface area contributed by atoms with Crippen LogP contribution < -0.4 is 10.6 Å². The van der Waals surface area contributed by atoms with Crippen LogP contribution in [-0.4, -0.2) is 18.4 Å². The number of anilines is 1. The molecule has 4 nitrogen and oxygen atoms in total. The fourth-order valence-electron chi connectivity index (χ4n) is 2.76. The molecule has 0 fully saturated rings. The molecule has 2 aromatic carbocycles. The fourth-order valence-corrected chi connectivity index (χ4v) is 3.22. The molecule has 0 saturated heterocycles. The van der Waals surface area contributed by atoms with Crippen molar-refractivity contribution < 1.29 is 9.59 Å². The summed E-state index contributed by atoms with van der Waals surface area (Å²) >= 11 is 3.37. The van der Waals surface area contributed by atoms with Gasteiger partial charge in [0.25, 0.3) is 11.8 Å². The molecule has 0 unspecified atom stereocenters. The first kappa shape index (κ1) is 21.2. The molecule has 2 aromatic rings. The van der Waals surface area contributed by atoms with Crippen LogP contribution in [0.15, 0.2) is 53.0 Å². The average Bonchev–Trinajstić information content (AvgIpc) is 2.68. The topological polar surface area (TPSA) is 58.2 Å². The lowest BCUT2D eigenvalue weighted by Gasteiger charge is -2.08. The van der Waals surface area contributed by atoms with Crippen LogP contribution in [0, 0.1) is 0 Å². The summed E-state index contributed by atoms with van der Waals surface area (Å²) in [4.78, 5) is 24.5. The van der Waals surface area contributed by atoms with Crippen molar-refractivity contribution in [3.8, 4) is 0 Å². The Labute approximate surface area is 169 Å². The number of halogens is 1. The maximum Gasteiger partial charge on any atom is 0.256 e. The second-order valence-electron chi connectivity index (χ2n) is 6.53. The zero-order valence-corrected chi connectivity index (χ0v) is 17.3. The van der Waals surface area contributed by atoms with Crippen molar-refractivity contribution in [1.82, 2.24) is 5.32 Å². The molecule has 2 rings (SSSR count). The number of hydrogen-bond donors (Lipinski definition) is 2. The van der Waals surface area contributed by atoms with Crippen LogP contribution in [0.4, 0.5) is 5.69 Å². The molecule has 2 N–H and O–H groups in total. The van der Waals surface area contributed by atoms with Gasteiger partial charge in [0.1, 0.15) is 0 Å². The zero-order chi connectivity index (χ0) is 19.5. The van der Waals surface area contributed by atoms with Gasteiger partial charge in [-0.05, 0) is 58.7 Å². The highest BCUT2D eigenvalue weighted by Gasteiger charge is 2.10. The monoisotopic (exact) mass is 430 g/mol. The van der Waals surface area contributed by atoms with Crippen molar-refractivity contribution >= 4 is 33.4 Å². The largest absolute Gasteiger partial charge is 0.352 e. The molecule has 0 aliphatic heterocycles. The van der Waals surface area contributed by atoms with Crippen molar-refractivity contribution in [2.24, 2.45) is 0 Å². The minimum absolute atomic E-state index is 0.0766. The van der Waals surface area contributed by atoms with Crippen LogP contribution in [0.5, 0.6) is 0 Å². The summed E-state index contributed by atoms with van der Waals surface area (Å²) in [5.74, 6) is -0.269. The third-order valence-electron chi connectivity index (χ3n) is 4.34. The Balaban J connectivity index is 1.78. The van der Waals surface area contributed by atoms with Gasteiger partial charge in [0.05, 0.1) is 5.56 Å². The summed E-state index contributed by atoms with van der Waals surface area (Å²) in [7, 11) is 0. The van der Waals surface area contributed by atoms with Gasteiger partial charge in [-0.1, -0.05) is 51.2 Å². The smallest absolute Gasteiger partial charge is 0.256 e. The molecule has 0 spiro atoms. The second kappa shape index (κ2) is 11.5. The zero-order valence-electron chi connectivity index (χ0n) is 15.8. The number of amides is 2. The number of carbonyl (C=O) groups is 2. The summed E-state index contributed by atoms with van der Waals surface area (Å²) < 4.78 is 0.744. The van der Waals surface area contributed by atoms with Crippen LogP contribution in [0.2, 0.25) is 0 Å². The van der Waals surface area contributed by atoms with Crippen LogP contribution in [-0.2, 0) is 0 Å². The number of hydrogen-bond acceptors (Lipinski definition) is 2. The van der Waals surface area contributed by atoms with Gasteiger partial charge >= 0.3 is 0 Å². The number of benzene rings is 2. The highest BCUT2D eigenvalue weighted by molar-refractivity contribution is 9.10. The minimum atomic E-state index is -0.192. The Morgan fingerprint density at radius 1 is 0.852 bits per heavy atom. The SMILES string of the molecule is CCCCCCCCNC(=O)c1ccc(NC(=O)c2ccccc2Br)cc1. The molecule has 0 aromatic heterocycles. The highest BCUT2D eigenvalue weighted by atomic mass is 79.9. The van der Waals surface area contributed by atoms with E-state index in [-0.39, 0.29) is 11.8 Å². The summed E-state index contributed by atoms with van der Waals surface area (Å²) in [5.41, 5.74) is 1.82. The van der Waals surface area contributed by atoms with Crippen molar-refractivity contribution in [1.29, 1.82) is 0 Å². The van der Waals surface area contributed by atoms with Gasteiger partial charge in [0, 0.05) is 22.3 Å². The van der Waals surface area contributed by atoms with Crippen LogP contribution in [0.25, 0.3) is 0 Å². The molecule has 0 aliphatic rings. The highest BCUT2D eigenvalue weighted by Crippen LogP contribution is 2.18. The first-order valence-corrected chi connectivity index (χ1v) is 10.3. The van der Waals surface area contributed by atoms with E-state index in [2.05, 4.69) is 33.5 Å². The lowest BCUT2D eigenvalue weighted by Crippen LogP contribution is -2.24. The molecule has 0 saturated carbocycles. The van der Waals surface area contributed by atoms with E-state index in [0.717, 1.165) is 17.3 Å². The molecule has 2 amide bonds. The third-order valence-corrected chi connectivity index (χ3v) is 5.03. The third kappa shape index (κ3) is 7.18. The summed E-state index contributed by atoms with van der Waals surface area (Å²) in [5, 5.41) is 5.79. The number of unbranched alkanes of at least 4 members (excludes halogenated alkanes) is 5. The van der Waals surface area contributed by atoms with Crippen LogP contribution in [0.1, 0.15) is 66.2 Å². The molecule has 0 atom stereocenters. The minimum Gasteiger partial charge on any atom is -0.352 e. The van der Waals surface area contributed by atoms with Gasteiger partial charge in [0.2, 0.25) is 0 Å². The molecule has 5 heteroatoms. The maximum absolute atomic E-state index is 12.3. The van der Waals surface area contributed by atoms with Gasteiger partial charge in [-0.15, -0.1) is 0 Å². The molecular formula is C22H27BrN2O2. The van der Waals surface area contributed by atoms with Gasteiger partial charge in [0.15, 0.2) is 0 Å². The van der Waals surface area contributed by atoms with E-state index < -0.39 is 0 Å². The van der Waals surface area contributed by atoms with Crippen LogP contribution >= 0.6 is 15.9 Å². The maximum atomic E-state index is 12.3. The van der Waals surface area contributed by atoms with Gasteiger partial charge in [-0.3, -0.25) is 9.59 Å². The van der Waals surface area contributed by atoms with E-state index in [4.69, 9.17) is 0 Å². The molecule has 144 valence electrons. The van der Waals surface area contributed by atoms with E-state index in [9.17, 15) is 9.59 Å². The Morgan fingerprint density at radius 2 is 1.52 bits per heavy atom. The predicted octanol–water partition coefficient (Wildman–Crippen LogP) is 5.79. The van der Waals surface area contributed by atoms with E-state index in [1.54, 1.807) is 30.3 Å². The first-order chi connectivity index (χ1) is 13.1. The van der Waals surface area contributed by atoms with Gasteiger partial charge in [-0.25, -0.2) is 0 Å². The molecule has 27 heavy (non-hydrogen) atoms. The molecule has 0 heterocycles. The van der Waals surface area contributed by atoms with Crippen molar-refractivity contribution in [3.63, 3.8) is 0 Å². The predicted molar refractivity (Wildman–Crippen MR) is 114 cm³/mol. The van der Waals surface area contributed by atoms with Gasteiger partial charge < -0.3 is 10.6 Å². The molecule has 0 bridgehead atoms. The van der Waals surface area contributed by atoms with E-state index in [1.807, 2.05) is 18.2 Å². The Hall–Kier alpha value is -2.14. The second-order valence-corrected chi connectivity index (χ2v) is 7.39. The van der Waals surface area contributed by atoms with E-state index in [0.29, 0.717) is 23.4 Å². The van der Waals surface area contributed by atoms with Crippen molar-refractivity contribution in [3.05, 3.63) is 64.1 Å². The average molecular weight is 431 g/mol. The number of carbonyl (C=O) groups excluding carboxylic acids is 2. The van der Waals surface area contributed by atoms with Crippen LogP contribution in [0.3, 0.4) is 0 Å². The number of nitrogens with one attached hydrogen (secondary N) is 2. The summed E-state index contributed by atoms with van der Waals surface area (Å²) in [6.45, 7) is 2.91. The number of rotatable bonds is 10. The standard InChI is InChI=1S/C22H27BrN2O2/c1-2-3-4-5-6-9-16-24-21(26)17-12-14-18(15-13-17)25-22(27)19-10-7-8-11-20(19)23/h7-8,10-15H,2-6,9,16H2,1H3,(H,24,26)(H,25,27). The first-order valence-electron chi connectivity index (χ1n) is 9.56. The fraction of sp³-hybridized carbons (Fsp3) is 0.364. The normalized spacial score (nSPS) is 10.4. The van der Waals surface area contributed by atoms with Crippen molar-refractivity contribution in [2.45, 2.75) is 45.4 Å². The van der Waals surface area contributed by atoms with E-state index >= 15 is 0 Å². The van der Waals surface area contributed by atoms with Gasteiger partial charge in [-0.2, -0.15) is 0 Å². The molecule has 0 radical (unpaired) electrons. The molecule has 0 aliphatic carbocycles. The molecular weight excluding hydrogens is 404 g/mol.